The number of hydrogen-bond acceptors (Lipinski definition) is 3. The highest BCUT2D eigenvalue weighted by atomic mass is 32.2. The van der Waals surface area contributed by atoms with Crippen LogP contribution in [0.2, 0.25) is 0 Å². The van der Waals surface area contributed by atoms with Crippen LogP contribution in [0.1, 0.15) is 37.5 Å². The van der Waals surface area contributed by atoms with Gasteiger partial charge in [0, 0.05) is 11.1 Å². The van der Waals surface area contributed by atoms with E-state index in [2.05, 4.69) is 93.6 Å². The third-order valence-electron chi connectivity index (χ3n) is 5.74. The van der Waals surface area contributed by atoms with E-state index in [9.17, 15) is 17.4 Å². The van der Waals surface area contributed by atoms with Crippen molar-refractivity contribution in [1.82, 2.24) is 0 Å². The largest absolute Gasteiger partial charge is 0.744 e. The van der Waals surface area contributed by atoms with Gasteiger partial charge in [0.15, 0.2) is 14.7 Å². The molecule has 0 heterocycles. The summed E-state index contributed by atoms with van der Waals surface area (Å²) in [5, 5.41) is 0. The van der Waals surface area contributed by atoms with E-state index in [-0.39, 0.29) is 10.9 Å². The molecule has 6 heteroatoms. The SMILES string of the molecule is CCc1cc(CC)c([S+](c2ccccc2)c2ccccc2)c(CC)c1.O=S(=O)([O-])c1ccc(F)cc1. The average molecular weight is 523 g/mol. The van der Waals surface area contributed by atoms with Gasteiger partial charge in [0.25, 0.3) is 0 Å². The molecular formula is C30H31FO3S2. The number of hydrogen-bond donors (Lipinski definition) is 0. The topological polar surface area (TPSA) is 57.2 Å². The molecule has 0 aliphatic rings. The zero-order chi connectivity index (χ0) is 26.1. The van der Waals surface area contributed by atoms with Gasteiger partial charge in [-0.2, -0.15) is 0 Å². The lowest BCUT2D eigenvalue weighted by atomic mass is 10.0. The van der Waals surface area contributed by atoms with Gasteiger partial charge >= 0.3 is 0 Å². The second-order valence-corrected chi connectivity index (χ2v) is 11.5. The first-order chi connectivity index (χ1) is 17.3. The number of halogens is 1. The van der Waals surface area contributed by atoms with Crippen LogP contribution < -0.4 is 0 Å². The Labute approximate surface area is 217 Å². The van der Waals surface area contributed by atoms with Crippen molar-refractivity contribution in [2.24, 2.45) is 0 Å². The summed E-state index contributed by atoms with van der Waals surface area (Å²) in [6.07, 6.45) is 3.27. The molecule has 0 fully saturated rings. The number of benzene rings is 4. The third kappa shape index (κ3) is 7.06. The molecular weight excluding hydrogens is 491 g/mol. The minimum absolute atomic E-state index is 0.0478. The molecule has 0 amide bonds. The van der Waals surface area contributed by atoms with Crippen LogP contribution in [-0.4, -0.2) is 13.0 Å². The van der Waals surface area contributed by atoms with E-state index in [1.165, 1.54) is 26.5 Å². The smallest absolute Gasteiger partial charge is 0.172 e. The van der Waals surface area contributed by atoms with E-state index in [1.54, 1.807) is 4.90 Å². The summed E-state index contributed by atoms with van der Waals surface area (Å²) in [4.78, 5) is 3.93. The Morgan fingerprint density at radius 1 is 0.694 bits per heavy atom. The summed E-state index contributed by atoms with van der Waals surface area (Å²) in [5.41, 5.74) is 4.47. The van der Waals surface area contributed by atoms with Crippen molar-refractivity contribution in [2.75, 3.05) is 0 Å². The van der Waals surface area contributed by atoms with Gasteiger partial charge in [-0.15, -0.1) is 0 Å². The van der Waals surface area contributed by atoms with Crippen molar-refractivity contribution in [3.05, 3.63) is 120 Å². The summed E-state index contributed by atoms with van der Waals surface area (Å²) in [6.45, 7) is 6.83. The molecule has 4 rings (SSSR count). The van der Waals surface area contributed by atoms with Crippen molar-refractivity contribution < 1.29 is 17.4 Å². The normalized spacial score (nSPS) is 11.2. The summed E-state index contributed by atoms with van der Waals surface area (Å²) in [6, 6.07) is 30.6. The summed E-state index contributed by atoms with van der Waals surface area (Å²) in [7, 11) is -4.48. The molecule has 188 valence electrons. The van der Waals surface area contributed by atoms with Gasteiger partial charge in [0.2, 0.25) is 0 Å². The zero-order valence-corrected chi connectivity index (χ0v) is 22.4. The van der Waals surface area contributed by atoms with Gasteiger partial charge in [-0.3, -0.25) is 0 Å². The van der Waals surface area contributed by atoms with E-state index in [1.807, 2.05) is 0 Å². The molecule has 0 aliphatic carbocycles. The number of aryl methyl sites for hydroxylation is 3. The van der Waals surface area contributed by atoms with Crippen molar-refractivity contribution in [3.8, 4) is 0 Å². The molecule has 0 bridgehead atoms. The average Bonchev–Trinajstić information content (AvgIpc) is 2.90. The second-order valence-electron chi connectivity index (χ2n) is 8.14. The van der Waals surface area contributed by atoms with E-state index in [0.29, 0.717) is 0 Å². The predicted molar refractivity (Wildman–Crippen MR) is 144 cm³/mol. The minimum atomic E-state index is -4.44. The molecule has 3 nitrogen and oxygen atoms in total. The Bertz CT molecular complexity index is 1290. The van der Waals surface area contributed by atoms with Crippen LogP contribution in [0.3, 0.4) is 0 Å². The predicted octanol–water partition coefficient (Wildman–Crippen LogP) is 7.20. The first-order valence-corrected chi connectivity index (χ1v) is 14.6. The summed E-state index contributed by atoms with van der Waals surface area (Å²) in [5.74, 6) is -0.572. The number of rotatable bonds is 7. The summed E-state index contributed by atoms with van der Waals surface area (Å²) < 4.78 is 43.0. The van der Waals surface area contributed by atoms with Gasteiger partial charge in [-0.05, 0) is 73.4 Å². The molecule has 0 saturated carbocycles. The van der Waals surface area contributed by atoms with Crippen LogP contribution in [0.25, 0.3) is 0 Å². The van der Waals surface area contributed by atoms with Crippen molar-refractivity contribution >= 4 is 21.0 Å². The fourth-order valence-corrected chi connectivity index (χ4v) is 6.91. The Hall–Kier alpha value is -2.93. The fraction of sp³-hybridized carbons (Fsp3) is 0.200. The van der Waals surface area contributed by atoms with E-state index >= 15 is 0 Å². The highest BCUT2D eigenvalue weighted by Gasteiger charge is 2.33. The molecule has 0 spiro atoms. The first-order valence-electron chi connectivity index (χ1n) is 12.0. The van der Waals surface area contributed by atoms with E-state index < -0.39 is 20.8 Å². The standard InChI is InChI=1S/C24H27S.C6H5FO3S/c1-4-19-17-20(5-2)24(21(6-3)18-19)25(22-13-9-7-10-14-22)23-15-11-8-12-16-23;7-5-1-3-6(4-2-5)11(8,9)10/h7-18H,4-6H2,1-3H3;1-4H,(H,8,9,10)/q+1;/p-1. The van der Waals surface area contributed by atoms with Crippen LogP contribution in [0, 0.1) is 5.82 Å². The molecule has 36 heavy (non-hydrogen) atoms. The van der Waals surface area contributed by atoms with Crippen LogP contribution >= 0.6 is 0 Å². The van der Waals surface area contributed by atoms with Gasteiger partial charge < -0.3 is 4.55 Å². The Morgan fingerprint density at radius 3 is 1.50 bits per heavy atom. The molecule has 0 aromatic heterocycles. The second kappa shape index (κ2) is 12.9. The summed E-state index contributed by atoms with van der Waals surface area (Å²) >= 11 is 0. The molecule has 0 saturated heterocycles. The lowest BCUT2D eigenvalue weighted by molar-refractivity contribution is 0.463. The molecule has 4 aromatic rings. The maximum absolute atomic E-state index is 12.2. The van der Waals surface area contributed by atoms with Crippen LogP contribution in [0.15, 0.2) is 117 Å². The lowest BCUT2D eigenvalue weighted by Crippen LogP contribution is -2.11. The van der Waals surface area contributed by atoms with Crippen LogP contribution in [0.5, 0.6) is 0 Å². The lowest BCUT2D eigenvalue weighted by Gasteiger charge is -2.16. The molecule has 0 N–H and O–H groups in total. The van der Waals surface area contributed by atoms with Crippen LogP contribution in [-0.2, 0) is 40.3 Å². The Kier molecular flexibility index (Phi) is 9.88. The monoisotopic (exact) mass is 522 g/mol. The Morgan fingerprint density at radius 2 is 1.14 bits per heavy atom. The third-order valence-corrected chi connectivity index (χ3v) is 9.01. The van der Waals surface area contributed by atoms with E-state index in [0.717, 1.165) is 43.5 Å². The quantitative estimate of drug-likeness (QED) is 0.190. The van der Waals surface area contributed by atoms with Gasteiger partial charge in [-0.1, -0.05) is 69.3 Å². The fourth-order valence-electron chi connectivity index (χ4n) is 3.90. The molecule has 0 radical (unpaired) electrons. The van der Waals surface area contributed by atoms with E-state index in [4.69, 9.17) is 0 Å². The first kappa shape index (κ1) is 27.7. The highest BCUT2D eigenvalue weighted by molar-refractivity contribution is 7.97. The Balaban J connectivity index is 0.000000275. The maximum atomic E-state index is 12.2. The zero-order valence-electron chi connectivity index (χ0n) is 20.8. The highest BCUT2D eigenvalue weighted by Crippen LogP contribution is 2.36. The van der Waals surface area contributed by atoms with Gasteiger partial charge in [0.05, 0.1) is 15.8 Å². The molecule has 0 aliphatic heterocycles. The molecule has 0 unspecified atom stereocenters. The van der Waals surface area contributed by atoms with Crippen molar-refractivity contribution in [2.45, 2.75) is 59.6 Å². The minimum Gasteiger partial charge on any atom is -0.744 e. The van der Waals surface area contributed by atoms with Crippen LogP contribution in [0.4, 0.5) is 4.39 Å². The van der Waals surface area contributed by atoms with Gasteiger partial charge in [0.1, 0.15) is 15.9 Å². The molecule has 0 atom stereocenters. The van der Waals surface area contributed by atoms with Crippen molar-refractivity contribution in [1.29, 1.82) is 0 Å². The molecule has 4 aromatic carbocycles. The van der Waals surface area contributed by atoms with Crippen molar-refractivity contribution in [3.63, 3.8) is 0 Å². The van der Waals surface area contributed by atoms with Gasteiger partial charge in [-0.25, -0.2) is 12.8 Å². The maximum Gasteiger partial charge on any atom is 0.172 e.